The summed E-state index contributed by atoms with van der Waals surface area (Å²) in [6, 6.07) is 118. The highest BCUT2D eigenvalue weighted by Gasteiger charge is 2.47. The Balaban J connectivity index is 0.613. The van der Waals surface area contributed by atoms with Gasteiger partial charge in [0.15, 0.2) is 0 Å². The fourth-order valence-electron chi connectivity index (χ4n) is 17.2. The average molecular weight is 1240 g/mol. The van der Waals surface area contributed by atoms with Crippen LogP contribution in [0.1, 0.15) is 94.5 Å². The van der Waals surface area contributed by atoms with Crippen LogP contribution in [0.5, 0.6) is 0 Å². The van der Waals surface area contributed by atoms with Crippen LogP contribution in [-0.4, -0.2) is 9.13 Å². The number of hydrogen-bond acceptors (Lipinski definition) is 0. The second-order valence-electron chi connectivity index (χ2n) is 28.0. The standard InChI is InChI=1S/C95H68N2/c1-93(2)83-27-15-11-23-73(83)75-51-47-71(59-85(75)93)96-89-29-17-13-25-79(89)81-55-63(39-53-91(81)96)33-31-61-35-41-65(42-36-61)67-45-49-77-78-50-46-68(58-88(78)95(87(77)57-67,69-19-7-5-8-20-69)70-21-9-6-10-22-70)66-43-37-62(38-44-66)32-34-64-40-54-92-82(56-64)80-26-14-18-30-90(80)97(92)72-48-52-76-74-24-12-16-28-84(74)94(3,4)86(76)60-72/h5-60H,1-4H3. The van der Waals surface area contributed by atoms with E-state index in [1.165, 1.54) is 166 Å². The van der Waals surface area contributed by atoms with Gasteiger partial charge < -0.3 is 9.13 Å². The number of benzene rings is 14. The number of nitrogens with zero attached hydrogens (tertiary/aromatic N) is 2. The van der Waals surface area contributed by atoms with Gasteiger partial charge >= 0.3 is 0 Å². The molecule has 2 heterocycles. The highest BCUT2D eigenvalue weighted by atomic mass is 15.0. The lowest BCUT2D eigenvalue weighted by Gasteiger charge is -2.34. The van der Waals surface area contributed by atoms with E-state index in [-0.39, 0.29) is 10.8 Å². The molecule has 3 aliphatic carbocycles. The van der Waals surface area contributed by atoms with Crippen LogP contribution < -0.4 is 0 Å². The monoisotopic (exact) mass is 1240 g/mol. The van der Waals surface area contributed by atoms with Gasteiger partial charge in [-0.3, -0.25) is 0 Å². The van der Waals surface area contributed by atoms with Gasteiger partial charge in [0.25, 0.3) is 0 Å². The van der Waals surface area contributed by atoms with Crippen molar-refractivity contribution in [3.8, 4) is 67.0 Å². The summed E-state index contributed by atoms with van der Waals surface area (Å²) in [5, 5.41) is 5.01. The fourth-order valence-corrected chi connectivity index (χ4v) is 17.2. The van der Waals surface area contributed by atoms with E-state index in [2.05, 4.69) is 377 Å². The van der Waals surface area contributed by atoms with Crippen molar-refractivity contribution in [2.75, 3.05) is 0 Å². The smallest absolute Gasteiger partial charge is 0.0713 e. The molecule has 16 aromatic rings. The molecule has 2 nitrogen and oxygen atoms in total. The first-order valence-electron chi connectivity index (χ1n) is 34.1. The Labute approximate surface area is 566 Å². The molecule has 0 aliphatic heterocycles. The second-order valence-corrected chi connectivity index (χ2v) is 28.0. The summed E-state index contributed by atoms with van der Waals surface area (Å²) in [5.74, 6) is 0. The normalized spacial score (nSPS) is 14.4. The van der Waals surface area contributed by atoms with Gasteiger partial charge in [-0.25, -0.2) is 0 Å². The summed E-state index contributed by atoms with van der Waals surface area (Å²) in [5.41, 5.74) is 34.5. The molecule has 0 spiro atoms. The van der Waals surface area contributed by atoms with E-state index in [1.807, 2.05) is 0 Å². The first kappa shape index (κ1) is 56.7. The third kappa shape index (κ3) is 8.66. The lowest BCUT2D eigenvalue weighted by Crippen LogP contribution is -2.28. The van der Waals surface area contributed by atoms with Gasteiger partial charge in [0.1, 0.15) is 0 Å². The third-order valence-corrected chi connectivity index (χ3v) is 22.0. The summed E-state index contributed by atoms with van der Waals surface area (Å²) in [7, 11) is 0. The minimum absolute atomic E-state index is 0.0762. The molecule has 97 heavy (non-hydrogen) atoms. The molecule has 0 amide bonds. The Bertz CT molecular complexity index is 5600. The van der Waals surface area contributed by atoms with Crippen molar-refractivity contribution in [1.82, 2.24) is 9.13 Å². The number of hydrogen-bond donors (Lipinski definition) is 0. The van der Waals surface area contributed by atoms with Crippen molar-refractivity contribution in [1.29, 1.82) is 0 Å². The molecule has 3 aliphatic rings. The topological polar surface area (TPSA) is 9.86 Å². The highest BCUT2D eigenvalue weighted by molar-refractivity contribution is 6.11. The summed E-state index contributed by atoms with van der Waals surface area (Å²) < 4.78 is 4.90. The van der Waals surface area contributed by atoms with Gasteiger partial charge in [0.05, 0.1) is 27.5 Å². The zero-order valence-electron chi connectivity index (χ0n) is 54.7. The maximum atomic E-state index is 2.47. The Morgan fingerprint density at radius 1 is 0.227 bits per heavy atom. The Kier molecular flexibility index (Phi) is 12.6. The molecule has 2 heteroatoms. The Morgan fingerprint density at radius 2 is 0.557 bits per heavy atom. The van der Waals surface area contributed by atoms with E-state index in [0.29, 0.717) is 0 Å². The van der Waals surface area contributed by atoms with E-state index in [0.717, 1.165) is 11.1 Å². The predicted octanol–water partition coefficient (Wildman–Crippen LogP) is 24.5. The van der Waals surface area contributed by atoms with Crippen molar-refractivity contribution in [3.05, 3.63) is 382 Å². The van der Waals surface area contributed by atoms with E-state index < -0.39 is 5.41 Å². The Hall–Kier alpha value is -11.8. The number of para-hydroxylation sites is 2. The van der Waals surface area contributed by atoms with Crippen molar-refractivity contribution >= 4 is 67.9 Å². The first-order chi connectivity index (χ1) is 47.6. The van der Waals surface area contributed by atoms with Crippen molar-refractivity contribution in [2.24, 2.45) is 0 Å². The van der Waals surface area contributed by atoms with Gasteiger partial charge in [-0.15, -0.1) is 0 Å². The van der Waals surface area contributed by atoms with Crippen LogP contribution in [0.3, 0.4) is 0 Å². The van der Waals surface area contributed by atoms with Crippen molar-refractivity contribution < 1.29 is 0 Å². The molecule has 0 fully saturated rings. The molecule has 2 aromatic heterocycles. The van der Waals surface area contributed by atoms with Crippen LogP contribution in [0, 0.1) is 0 Å². The second kappa shape index (κ2) is 21.6. The maximum Gasteiger partial charge on any atom is 0.0713 e. The van der Waals surface area contributed by atoms with Crippen molar-refractivity contribution in [2.45, 2.75) is 43.9 Å². The molecule has 0 N–H and O–H groups in total. The third-order valence-electron chi connectivity index (χ3n) is 22.0. The quantitative estimate of drug-likeness (QED) is 0.121. The molecule has 19 rings (SSSR count). The average Bonchev–Trinajstić information content (AvgIpc) is 1.56. The van der Waals surface area contributed by atoms with Gasteiger partial charge in [0.2, 0.25) is 0 Å². The molecular formula is C95H68N2. The van der Waals surface area contributed by atoms with Crippen LogP contribution in [0.4, 0.5) is 0 Å². The molecule has 0 saturated carbocycles. The highest BCUT2D eigenvalue weighted by Crippen LogP contribution is 2.58. The van der Waals surface area contributed by atoms with Crippen molar-refractivity contribution in [3.63, 3.8) is 0 Å². The van der Waals surface area contributed by atoms with Crippen LogP contribution in [0.25, 0.3) is 135 Å². The lowest BCUT2D eigenvalue weighted by molar-refractivity contribution is 0.660. The largest absolute Gasteiger partial charge is 0.309 e. The molecule has 0 bridgehead atoms. The Morgan fingerprint density at radius 3 is 1.00 bits per heavy atom. The fraction of sp³-hybridized carbons (Fsp3) is 0.0737. The van der Waals surface area contributed by atoms with E-state index >= 15 is 0 Å². The van der Waals surface area contributed by atoms with E-state index in [9.17, 15) is 0 Å². The van der Waals surface area contributed by atoms with Crippen LogP contribution in [-0.2, 0) is 16.2 Å². The molecule has 0 unspecified atom stereocenters. The minimum Gasteiger partial charge on any atom is -0.309 e. The predicted molar refractivity (Wildman–Crippen MR) is 409 cm³/mol. The van der Waals surface area contributed by atoms with Gasteiger partial charge in [-0.2, -0.15) is 0 Å². The van der Waals surface area contributed by atoms with Gasteiger partial charge in [-0.05, 0) is 195 Å². The molecule has 0 radical (unpaired) electrons. The number of rotatable bonds is 10. The number of aromatic nitrogens is 2. The van der Waals surface area contributed by atoms with E-state index in [4.69, 9.17) is 0 Å². The lowest BCUT2D eigenvalue weighted by atomic mass is 9.67. The molecular weight excluding hydrogens is 1170 g/mol. The zero-order valence-corrected chi connectivity index (χ0v) is 54.7. The molecule has 0 atom stereocenters. The van der Waals surface area contributed by atoms with Gasteiger partial charge in [-0.1, -0.05) is 295 Å². The summed E-state index contributed by atoms with van der Waals surface area (Å²) in [6.07, 6.45) is 9.01. The van der Waals surface area contributed by atoms with Gasteiger partial charge in [0, 0.05) is 43.7 Å². The molecule has 0 saturated heterocycles. The zero-order chi connectivity index (χ0) is 64.7. The van der Waals surface area contributed by atoms with Crippen LogP contribution in [0.15, 0.2) is 315 Å². The van der Waals surface area contributed by atoms with Crippen LogP contribution in [0.2, 0.25) is 0 Å². The summed E-state index contributed by atoms with van der Waals surface area (Å²) in [4.78, 5) is 0. The van der Waals surface area contributed by atoms with E-state index in [1.54, 1.807) is 0 Å². The number of fused-ring (bicyclic) bond motifs is 15. The minimum atomic E-state index is -0.569. The van der Waals surface area contributed by atoms with Crippen LogP contribution >= 0.6 is 0 Å². The summed E-state index contributed by atoms with van der Waals surface area (Å²) in [6.45, 7) is 9.44. The SMILES string of the molecule is CC1(C)c2ccccc2-c2ccc(-n3c4ccccc4c4cc(C=Cc5ccc(-c6ccc7c(c6)C(c6ccccc6)(c6ccccc6)c6cc(-c8ccc(C=Cc9ccc%10c(c9)c9ccccc9n%10-c9ccc%10c(c9)C(C)(C)c9ccccc9-%10)cc8)ccc6-7)cc5)ccc43)cc21. The summed E-state index contributed by atoms with van der Waals surface area (Å²) >= 11 is 0. The molecule has 14 aromatic carbocycles. The first-order valence-corrected chi connectivity index (χ1v) is 34.1. The maximum absolute atomic E-state index is 2.47. The molecule has 458 valence electrons.